The fourth-order valence-corrected chi connectivity index (χ4v) is 2.51. The van der Waals surface area contributed by atoms with E-state index in [2.05, 4.69) is 36.2 Å². The molecule has 8 heteroatoms. The van der Waals surface area contributed by atoms with Crippen molar-refractivity contribution in [1.82, 2.24) is 10.2 Å². The molecule has 0 aliphatic carbocycles. The van der Waals surface area contributed by atoms with E-state index in [1.54, 1.807) is 12.1 Å². The van der Waals surface area contributed by atoms with Gasteiger partial charge in [0.2, 0.25) is 10.0 Å². The van der Waals surface area contributed by atoms with Crippen LogP contribution >= 0.6 is 15.9 Å². The number of aromatic nitrogens is 2. The Kier molecular flexibility index (Phi) is 4.24. The van der Waals surface area contributed by atoms with Gasteiger partial charge >= 0.3 is 0 Å². The van der Waals surface area contributed by atoms with Crippen molar-refractivity contribution in [3.05, 3.63) is 40.4 Å². The molecule has 1 heterocycles. The number of halogens is 1. The van der Waals surface area contributed by atoms with Gasteiger partial charge in [-0.05, 0) is 42.8 Å². The molecule has 0 unspecified atom stereocenters. The minimum absolute atomic E-state index is 0.186. The number of nitrogens with zero attached hydrogens (tertiary/aromatic N) is 2. The molecule has 0 aliphatic heterocycles. The van der Waals surface area contributed by atoms with Crippen molar-refractivity contribution >= 4 is 43.3 Å². The zero-order chi connectivity index (χ0) is 14.8. The highest BCUT2D eigenvalue weighted by molar-refractivity contribution is 9.10. The maximum absolute atomic E-state index is 11.1. The normalized spacial score (nSPS) is 11.2. The predicted molar refractivity (Wildman–Crippen MR) is 82.7 cm³/mol. The van der Waals surface area contributed by atoms with E-state index in [0.717, 1.165) is 22.0 Å². The van der Waals surface area contributed by atoms with Crippen molar-refractivity contribution in [2.45, 2.75) is 6.92 Å². The molecule has 0 radical (unpaired) electrons. The fraction of sp³-hybridized carbons (Fsp3) is 0.167. The maximum atomic E-state index is 11.1. The Balaban J connectivity index is 2.14. The van der Waals surface area contributed by atoms with Crippen LogP contribution in [0.15, 0.2) is 34.8 Å². The Labute approximate surface area is 125 Å². The largest absolute Gasteiger partial charge is 0.339 e. The van der Waals surface area contributed by atoms with Gasteiger partial charge in [0.15, 0.2) is 11.6 Å². The van der Waals surface area contributed by atoms with Gasteiger partial charge in [0.25, 0.3) is 0 Å². The molecule has 2 N–H and O–H groups in total. The summed E-state index contributed by atoms with van der Waals surface area (Å²) in [5.41, 5.74) is 1.96. The van der Waals surface area contributed by atoms with Gasteiger partial charge < -0.3 is 5.32 Å². The summed E-state index contributed by atoms with van der Waals surface area (Å²) in [7, 11) is -3.34. The van der Waals surface area contributed by atoms with Gasteiger partial charge in [-0.3, -0.25) is 4.72 Å². The molecule has 106 valence electrons. The smallest absolute Gasteiger partial charge is 0.231 e. The van der Waals surface area contributed by atoms with Crippen LogP contribution in [0.2, 0.25) is 0 Å². The van der Waals surface area contributed by atoms with Crippen molar-refractivity contribution in [3.8, 4) is 0 Å². The van der Waals surface area contributed by atoms with Crippen molar-refractivity contribution < 1.29 is 8.42 Å². The zero-order valence-electron chi connectivity index (χ0n) is 10.9. The molecule has 0 saturated carbocycles. The van der Waals surface area contributed by atoms with E-state index in [9.17, 15) is 8.42 Å². The van der Waals surface area contributed by atoms with Crippen LogP contribution in [-0.2, 0) is 10.0 Å². The van der Waals surface area contributed by atoms with Crippen LogP contribution in [0.25, 0.3) is 0 Å². The third kappa shape index (κ3) is 4.17. The van der Waals surface area contributed by atoms with E-state index < -0.39 is 10.0 Å². The Morgan fingerprint density at radius 2 is 1.75 bits per heavy atom. The second-order valence-corrected chi connectivity index (χ2v) is 6.93. The van der Waals surface area contributed by atoms with Crippen LogP contribution in [-0.4, -0.2) is 24.9 Å². The van der Waals surface area contributed by atoms with Crippen LogP contribution in [0.1, 0.15) is 5.56 Å². The average Bonchev–Trinajstić information content (AvgIpc) is 2.33. The minimum Gasteiger partial charge on any atom is -0.339 e. The molecule has 0 fully saturated rings. The molecule has 2 rings (SSSR count). The van der Waals surface area contributed by atoms with Crippen LogP contribution in [0, 0.1) is 6.92 Å². The van der Waals surface area contributed by atoms with Gasteiger partial charge in [0.05, 0.1) is 6.26 Å². The second kappa shape index (κ2) is 5.76. The number of anilines is 3. The highest BCUT2D eigenvalue weighted by atomic mass is 79.9. The van der Waals surface area contributed by atoms with Gasteiger partial charge in [-0.15, -0.1) is 10.2 Å². The summed E-state index contributed by atoms with van der Waals surface area (Å²) >= 11 is 3.40. The summed E-state index contributed by atoms with van der Waals surface area (Å²) < 4.78 is 25.4. The monoisotopic (exact) mass is 356 g/mol. The van der Waals surface area contributed by atoms with E-state index in [-0.39, 0.29) is 5.82 Å². The summed E-state index contributed by atoms with van der Waals surface area (Å²) in [5.74, 6) is 0.722. The van der Waals surface area contributed by atoms with E-state index in [4.69, 9.17) is 0 Å². The maximum Gasteiger partial charge on any atom is 0.231 e. The standard InChI is InChI=1S/C12H13BrN4O2S/c1-8-7-9(13)3-4-10(8)14-11-5-6-12(16-15-11)17-20(2,18)19/h3-7H,1-2H3,(H,14,15)(H,16,17). The summed E-state index contributed by atoms with van der Waals surface area (Å²) in [4.78, 5) is 0. The molecular formula is C12H13BrN4O2S. The van der Waals surface area contributed by atoms with Crippen LogP contribution < -0.4 is 10.0 Å². The first-order chi connectivity index (χ1) is 9.33. The molecule has 0 amide bonds. The summed E-state index contributed by atoms with van der Waals surface area (Å²) in [6, 6.07) is 9.02. The predicted octanol–water partition coefficient (Wildman–Crippen LogP) is 2.66. The van der Waals surface area contributed by atoms with Crippen LogP contribution in [0.5, 0.6) is 0 Å². The molecule has 6 nitrogen and oxygen atoms in total. The number of hydrogen-bond donors (Lipinski definition) is 2. The minimum atomic E-state index is -3.34. The topological polar surface area (TPSA) is 84.0 Å². The van der Waals surface area contributed by atoms with E-state index in [1.807, 2.05) is 25.1 Å². The Morgan fingerprint density at radius 1 is 1.10 bits per heavy atom. The first kappa shape index (κ1) is 14.7. The van der Waals surface area contributed by atoms with Gasteiger partial charge in [-0.2, -0.15) is 0 Å². The van der Waals surface area contributed by atoms with Crippen molar-refractivity contribution in [2.75, 3.05) is 16.3 Å². The van der Waals surface area contributed by atoms with E-state index in [1.165, 1.54) is 0 Å². The highest BCUT2D eigenvalue weighted by Crippen LogP contribution is 2.22. The second-order valence-electron chi connectivity index (χ2n) is 4.26. The van der Waals surface area contributed by atoms with E-state index in [0.29, 0.717) is 5.82 Å². The van der Waals surface area contributed by atoms with Crippen LogP contribution in [0.4, 0.5) is 17.3 Å². The fourth-order valence-electron chi connectivity index (χ4n) is 1.55. The van der Waals surface area contributed by atoms with Crippen molar-refractivity contribution in [1.29, 1.82) is 0 Å². The molecule has 0 aliphatic rings. The Bertz CT molecular complexity index is 717. The number of benzene rings is 1. The summed E-state index contributed by atoms with van der Waals surface area (Å²) in [6.07, 6.45) is 1.06. The molecule has 1 aromatic heterocycles. The molecule has 0 atom stereocenters. The molecule has 0 bridgehead atoms. The van der Waals surface area contributed by atoms with Gasteiger partial charge in [-0.25, -0.2) is 8.42 Å². The Hall–Kier alpha value is -1.67. The summed E-state index contributed by atoms with van der Waals surface area (Å²) in [5, 5.41) is 10.8. The molecule has 2 aromatic rings. The Morgan fingerprint density at radius 3 is 2.30 bits per heavy atom. The third-order valence-corrected chi connectivity index (χ3v) is 3.48. The SMILES string of the molecule is Cc1cc(Br)ccc1Nc1ccc(NS(C)(=O)=O)nn1. The van der Waals surface area contributed by atoms with Gasteiger partial charge in [0, 0.05) is 10.2 Å². The average molecular weight is 357 g/mol. The molecule has 1 aromatic carbocycles. The van der Waals surface area contributed by atoms with Gasteiger partial charge in [-0.1, -0.05) is 15.9 Å². The number of hydrogen-bond acceptors (Lipinski definition) is 5. The lowest BCUT2D eigenvalue weighted by atomic mass is 10.2. The number of rotatable bonds is 4. The summed E-state index contributed by atoms with van der Waals surface area (Å²) in [6.45, 7) is 1.97. The highest BCUT2D eigenvalue weighted by Gasteiger charge is 2.05. The van der Waals surface area contributed by atoms with Crippen molar-refractivity contribution in [3.63, 3.8) is 0 Å². The number of sulfonamides is 1. The quantitative estimate of drug-likeness (QED) is 0.879. The zero-order valence-corrected chi connectivity index (χ0v) is 13.3. The van der Waals surface area contributed by atoms with Crippen molar-refractivity contribution in [2.24, 2.45) is 0 Å². The molecule has 0 saturated heterocycles. The van der Waals surface area contributed by atoms with Crippen LogP contribution in [0.3, 0.4) is 0 Å². The van der Waals surface area contributed by atoms with E-state index >= 15 is 0 Å². The molecule has 0 spiro atoms. The number of aryl methyl sites for hydroxylation is 1. The first-order valence-corrected chi connectivity index (χ1v) is 8.37. The van der Waals surface area contributed by atoms with Gasteiger partial charge in [0.1, 0.15) is 0 Å². The number of nitrogens with one attached hydrogen (secondary N) is 2. The lowest BCUT2D eigenvalue weighted by Gasteiger charge is -2.09. The lowest BCUT2D eigenvalue weighted by Crippen LogP contribution is -2.11. The first-order valence-electron chi connectivity index (χ1n) is 5.68. The molecular weight excluding hydrogens is 344 g/mol. The lowest BCUT2D eigenvalue weighted by molar-refractivity contribution is 0.606. The molecule has 20 heavy (non-hydrogen) atoms. The third-order valence-electron chi connectivity index (χ3n) is 2.41.